The molecule has 0 bridgehead atoms. The Balaban J connectivity index is 1.37. The minimum atomic E-state index is -4.23. The van der Waals surface area contributed by atoms with Gasteiger partial charge < -0.3 is 4.74 Å². The van der Waals surface area contributed by atoms with Crippen LogP contribution in [0, 0.1) is 12.3 Å². The zero-order valence-electron chi connectivity index (χ0n) is 19.6. The third-order valence-electron chi connectivity index (χ3n) is 5.87. The van der Waals surface area contributed by atoms with Gasteiger partial charge in [-0.2, -0.15) is 27.1 Å². The standard InChI is InChI=1S/C22H23F5N6O2S/c1-13-14(19(34)31-36-15-12-32(3)30-18(15)20(2,23)24)4-5-16(28-13)33-10-6-17(29-33)35-11-9-21(7-8-21)22(25,26)27/h4-6,10,12H,7-9,11H2,1-3H3,(H,31,34). The summed E-state index contributed by atoms with van der Waals surface area (Å²) in [6.45, 7) is 2.22. The molecule has 1 amide bonds. The summed E-state index contributed by atoms with van der Waals surface area (Å²) in [6.07, 6.45) is -1.20. The minimum absolute atomic E-state index is 0.109. The summed E-state index contributed by atoms with van der Waals surface area (Å²) in [6, 6.07) is 4.55. The van der Waals surface area contributed by atoms with Gasteiger partial charge in [0.1, 0.15) is 5.69 Å². The van der Waals surface area contributed by atoms with E-state index in [9.17, 15) is 26.7 Å². The van der Waals surface area contributed by atoms with Crippen molar-refractivity contribution >= 4 is 17.9 Å². The SMILES string of the molecule is Cc1nc(-n2ccc(OCCC3(C(F)(F)F)CC3)n2)ccc1C(=O)NSc1cn(C)nc1C(C)(F)F. The molecule has 36 heavy (non-hydrogen) atoms. The molecule has 14 heteroatoms. The second kappa shape index (κ2) is 9.37. The van der Waals surface area contributed by atoms with Gasteiger partial charge >= 0.3 is 6.18 Å². The summed E-state index contributed by atoms with van der Waals surface area (Å²) in [5, 5.41) is 7.93. The molecule has 1 aliphatic carbocycles. The summed E-state index contributed by atoms with van der Waals surface area (Å²) >= 11 is 0.730. The molecule has 0 unspecified atom stereocenters. The predicted molar refractivity (Wildman–Crippen MR) is 120 cm³/mol. The molecule has 3 aromatic rings. The van der Waals surface area contributed by atoms with Crippen molar-refractivity contribution in [2.45, 2.75) is 50.1 Å². The van der Waals surface area contributed by atoms with Gasteiger partial charge in [0.2, 0.25) is 5.88 Å². The van der Waals surface area contributed by atoms with Crippen LogP contribution in [-0.2, 0) is 13.0 Å². The van der Waals surface area contributed by atoms with Gasteiger partial charge in [-0.3, -0.25) is 14.2 Å². The fourth-order valence-corrected chi connectivity index (χ4v) is 4.44. The average molecular weight is 531 g/mol. The molecule has 3 heterocycles. The zero-order chi connectivity index (χ0) is 26.3. The number of hydrogen-bond donors (Lipinski definition) is 1. The van der Waals surface area contributed by atoms with Crippen molar-refractivity contribution in [2.75, 3.05) is 6.61 Å². The number of rotatable bonds is 9. The Morgan fingerprint density at radius 3 is 2.53 bits per heavy atom. The maximum Gasteiger partial charge on any atom is 0.394 e. The third-order valence-corrected chi connectivity index (χ3v) is 6.67. The fraction of sp³-hybridized carbons (Fsp3) is 0.455. The molecule has 0 spiro atoms. The minimum Gasteiger partial charge on any atom is -0.477 e. The van der Waals surface area contributed by atoms with Crippen LogP contribution in [0.3, 0.4) is 0 Å². The van der Waals surface area contributed by atoms with Crippen LogP contribution in [-0.4, -0.2) is 43.2 Å². The van der Waals surface area contributed by atoms with E-state index in [4.69, 9.17) is 4.74 Å². The van der Waals surface area contributed by atoms with Gasteiger partial charge in [0.15, 0.2) is 5.82 Å². The first-order valence-corrected chi connectivity index (χ1v) is 11.7. The molecule has 8 nitrogen and oxygen atoms in total. The van der Waals surface area contributed by atoms with Crippen LogP contribution in [0.15, 0.2) is 35.5 Å². The molecule has 1 N–H and O–H groups in total. The van der Waals surface area contributed by atoms with E-state index in [0.29, 0.717) is 11.5 Å². The van der Waals surface area contributed by atoms with Gasteiger partial charge in [-0.15, -0.1) is 5.10 Å². The number of pyridine rings is 1. The van der Waals surface area contributed by atoms with Crippen molar-refractivity contribution in [3.63, 3.8) is 0 Å². The van der Waals surface area contributed by atoms with Crippen LogP contribution >= 0.6 is 11.9 Å². The van der Waals surface area contributed by atoms with Crippen LogP contribution in [0.25, 0.3) is 5.82 Å². The molecule has 1 fully saturated rings. The first-order chi connectivity index (χ1) is 16.8. The smallest absolute Gasteiger partial charge is 0.394 e. The van der Waals surface area contributed by atoms with E-state index in [1.807, 2.05) is 0 Å². The van der Waals surface area contributed by atoms with Crippen LogP contribution in [0.1, 0.15) is 47.9 Å². The number of hydrogen-bond acceptors (Lipinski definition) is 6. The van der Waals surface area contributed by atoms with Gasteiger partial charge in [-0.25, -0.2) is 9.67 Å². The highest BCUT2D eigenvalue weighted by atomic mass is 32.2. The number of halogens is 5. The van der Waals surface area contributed by atoms with E-state index in [1.54, 1.807) is 6.92 Å². The third kappa shape index (κ3) is 5.47. The number of amides is 1. The Morgan fingerprint density at radius 1 is 1.19 bits per heavy atom. The molecular formula is C22H23F5N6O2S. The number of alkyl halides is 5. The molecule has 0 radical (unpaired) electrons. The van der Waals surface area contributed by atoms with E-state index in [2.05, 4.69) is 19.9 Å². The van der Waals surface area contributed by atoms with E-state index in [0.717, 1.165) is 18.9 Å². The number of carbonyl (C=O) groups is 1. The van der Waals surface area contributed by atoms with Crippen LogP contribution < -0.4 is 9.46 Å². The van der Waals surface area contributed by atoms with Crippen molar-refractivity contribution in [1.29, 1.82) is 0 Å². The molecule has 0 aliphatic heterocycles. The number of aryl methyl sites for hydroxylation is 2. The van der Waals surface area contributed by atoms with Gasteiger partial charge in [0.05, 0.1) is 28.2 Å². The summed E-state index contributed by atoms with van der Waals surface area (Å²) in [4.78, 5) is 17.1. The Hall–Kier alpha value is -3.16. The molecular weight excluding hydrogens is 507 g/mol. The quantitative estimate of drug-likeness (QED) is 0.311. The van der Waals surface area contributed by atoms with E-state index < -0.39 is 29.1 Å². The van der Waals surface area contributed by atoms with Crippen molar-refractivity contribution in [2.24, 2.45) is 12.5 Å². The van der Waals surface area contributed by atoms with Gasteiger partial charge in [-0.05, 0) is 50.3 Å². The molecule has 1 saturated carbocycles. The van der Waals surface area contributed by atoms with Crippen LogP contribution in [0.4, 0.5) is 22.0 Å². The first kappa shape index (κ1) is 25.9. The zero-order valence-corrected chi connectivity index (χ0v) is 20.4. The highest BCUT2D eigenvalue weighted by molar-refractivity contribution is 7.98. The Bertz CT molecular complexity index is 1260. The van der Waals surface area contributed by atoms with Crippen molar-refractivity contribution in [3.05, 3.63) is 47.5 Å². The largest absolute Gasteiger partial charge is 0.477 e. The number of aromatic nitrogens is 5. The number of nitrogens with one attached hydrogen (secondary N) is 1. The monoisotopic (exact) mass is 530 g/mol. The maximum absolute atomic E-state index is 13.7. The lowest BCUT2D eigenvalue weighted by molar-refractivity contribution is -0.190. The number of nitrogens with zero attached hydrogens (tertiary/aromatic N) is 5. The van der Waals surface area contributed by atoms with Gasteiger partial charge in [-0.1, -0.05) is 0 Å². The molecule has 194 valence electrons. The van der Waals surface area contributed by atoms with Crippen LogP contribution in [0.5, 0.6) is 5.88 Å². The average Bonchev–Trinajstić information content (AvgIpc) is 3.26. The van der Waals surface area contributed by atoms with Crippen molar-refractivity contribution in [3.8, 4) is 11.7 Å². The summed E-state index contributed by atoms with van der Waals surface area (Å²) < 4.78 is 77.1. The van der Waals surface area contributed by atoms with Crippen molar-refractivity contribution < 1.29 is 31.5 Å². The fourth-order valence-electron chi connectivity index (χ4n) is 3.61. The number of carbonyl (C=O) groups excluding carboxylic acids is 1. The molecule has 0 saturated heterocycles. The van der Waals surface area contributed by atoms with E-state index in [-0.39, 0.29) is 42.2 Å². The maximum atomic E-state index is 13.7. The molecule has 4 rings (SSSR count). The predicted octanol–water partition coefficient (Wildman–Crippen LogP) is 4.97. The Morgan fingerprint density at radius 2 is 1.92 bits per heavy atom. The summed E-state index contributed by atoms with van der Waals surface area (Å²) in [5.41, 5.74) is -1.50. The summed E-state index contributed by atoms with van der Waals surface area (Å²) in [5.74, 6) is -3.18. The first-order valence-electron chi connectivity index (χ1n) is 10.9. The van der Waals surface area contributed by atoms with Gasteiger partial charge in [0.25, 0.3) is 11.8 Å². The normalized spacial score (nSPS) is 15.1. The van der Waals surface area contributed by atoms with Crippen molar-refractivity contribution in [1.82, 2.24) is 29.3 Å². The highest BCUT2D eigenvalue weighted by Crippen LogP contribution is 2.59. The molecule has 0 aromatic carbocycles. The lowest BCUT2D eigenvalue weighted by Crippen LogP contribution is -2.26. The highest BCUT2D eigenvalue weighted by Gasteiger charge is 2.62. The lowest BCUT2D eigenvalue weighted by Gasteiger charge is -2.18. The Labute approximate surface area is 207 Å². The van der Waals surface area contributed by atoms with Gasteiger partial charge in [0, 0.05) is 32.4 Å². The molecule has 1 aliphatic rings. The lowest BCUT2D eigenvalue weighted by atomic mass is 10.0. The molecule has 3 aromatic heterocycles. The second-order valence-electron chi connectivity index (χ2n) is 8.71. The van der Waals surface area contributed by atoms with Crippen LogP contribution in [0.2, 0.25) is 0 Å². The molecule has 0 atom stereocenters. The summed E-state index contributed by atoms with van der Waals surface area (Å²) in [7, 11) is 1.51. The Kier molecular flexibility index (Phi) is 6.75. The topological polar surface area (TPSA) is 86.9 Å². The number of ether oxygens (including phenoxy) is 1. The second-order valence-corrected chi connectivity index (χ2v) is 9.56. The van der Waals surface area contributed by atoms with E-state index >= 15 is 0 Å². The van der Waals surface area contributed by atoms with E-state index in [1.165, 1.54) is 47.0 Å².